The second-order valence-electron chi connectivity index (χ2n) is 5.35. The Kier molecular flexibility index (Phi) is 8.12. The summed E-state index contributed by atoms with van der Waals surface area (Å²) >= 11 is 4.50. The number of hydrogen-bond donors (Lipinski definition) is 2. The normalized spacial score (nSPS) is 15.5. The van der Waals surface area contributed by atoms with Crippen LogP contribution in [0.15, 0.2) is 0 Å². The molecular formula is C13H27NOS. The minimum atomic E-state index is 0.127. The van der Waals surface area contributed by atoms with Gasteiger partial charge in [0, 0.05) is 17.1 Å². The van der Waals surface area contributed by atoms with E-state index < -0.39 is 0 Å². The summed E-state index contributed by atoms with van der Waals surface area (Å²) < 4.78 is 0. The summed E-state index contributed by atoms with van der Waals surface area (Å²) in [6, 6.07) is 0. The lowest BCUT2D eigenvalue weighted by atomic mass is 9.84. The smallest absolute Gasteiger partial charge is 0.138 e. The molecule has 0 bridgehead atoms. The van der Waals surface area contributed by atoms with Crippen LogP contribution in [0.25, 0.3) is 0 Å². The van der Waals surface area contributed by atoms with E-state index in [2.05, 4.69) is 26.5 Å². The first-order chi connectivity index (χ1) is 7.38. The maximum Gasteiger partial charge on any atom is 0.138 e. The molecule has 2 N–H and O–H groups in total. The molecule has 0 saturated heterocycles. The van der Waals surface area contributed by atoms with Gasteiger partial charge in [-0.3, -0.25) is 4.79 Å². The summed E-state index contributed by atoms with van der Waals surface area (Å²) in [5.74, 6) is 1.23. The van der Waals surface area contributed by atoms with Crippen LogP contribution in [0.5, 0.6) is 0 Å². The summed E-state index contributed by atoms with van der Waals surface area (Å²) in [4.78, 5) is 12.1. The Balaban J connectivity index is 4.36. The van der Waals surface area contributed by atoms with E-state index >= 15 is 0 Å². The monoisotopic (exact) mass is 245 g/mol. The van der Waals surface area contributed by atoms with Crippen LogP contribution in [0.1, 0.15) is 47.0 Å². The van der Waals surface area contributed by atoms with Crippen molar-refractivity contribution >= 4 is 18.4 Å². The lowest BCUT2D eigenvalue weighted by Gasteiger charge is -2.22. The van der Waals surface area contributed by atoms with Gasteiger partial charge < -0.3 is 5.73 Å². The SMILES string of the molecule is CC(C)CC(CC(S)CCN)C(=O)C(C)C. The summed E-state index contributed by atoms with van der Waals surface area (Å²) in [6.45, 7) is 8.94. The van der Waals surface area contributed by atoms with Crippen LogP contribution in [0.2, 0.25) is 0 Å². The molecule has 2 unspecified atom stereocenters. The quantitative estimate of drug-likeness (QED) is 0.646. The summed E-state index contributed by atoms with van der Waals surface area (Å²) in [5.41, 5.74) is 5.51. The van der Waals surface area contributed by atoms with Gasteiger partial charge in [-0.05, 0) is 31.7 Å². The molecule has 16 heavy (non-hydrogen) atoms. The zero-order chi connectivity index (χ0) is 12.7. The maximum absolute atomic E-state index is 12.1. The van der Waals surface area contributed by atoms with Crippen LogP contribution in [0.3, 0.4) is 0 Å². The number of rotatable bonds is 8. The molecule has 0 fully saturated rings. The zero-order valence-electron chi connectivity index (χ0n) is 11.1. The summed E-state index contributed by atoms with van der Waals surface area (Å²) in [7, 11) is 0. The van der Waals surface area contributed by atoms with Gasteiger partial charge in [-0.1, -0.05) is 27.7 Å². The van der Waals surface area contributed by atoms with Gasteiger partial charge in [-0.25, -0.2) is 0 Å². The molecular weight excluding hydrogens is 218 g/mol. The fourth-order valence-electron chi connectivity index (χ4n) is 2.01. The highest BCUT2D eigenvalue weighted by atomic mass is 32.1. The average Bonchev–Trinajstić information content (AvgIpc) is 2.15. The topological polar surface area (TPSA) is 43.1 Å². The molecule has 0 amide bonds. The van der Waals surface area contributed by atoms with Crippen molar-refractivity contribution in [3.63, 3.8) is 0 Å². The predicted molar refractivity (Wildman–Crippen MR) is 73.9 cm³/mol. The molecule has 3 heteroatoms. The van der Waals surface area contributed by atoms with E-state index in [1.807, 2.05) is 13.8 Å². The zero-order valence-corrected chi connectivity index (χ0v) is 12.0. The molecule has 0 aromatic rings. The Morgan fingerprint density at radius 1 is 1.19 bits per heavy atom. The van der Waals surface area contributed by atoms with Crippen molar-refractivity contribution in [3.8, 4) is 0 Å². The highest BCUT2D eigenvalue weighted by Crippen LogP contribution is 2.24. The van der Waals surface area contributed by atoms with Crippen molar-refractivity contribution < 1.29 is 4.79 Å². The molecule has 0 aliphatic heterocycles. The van der Waals surface area contributed by atoms with Gasteiger partial charge in [0.1, 0.15) is 5.78 Å². The van der Waals surface area contributed by atoms with Gasteiger partial charge in [0.25, 0.3) is 0 Å². The number of carbonyl (C=O) groups is 1. The fourth-order valence-corrected chi connectivity index (χ4v) is 2.41. The van der Waals surface area contributed by atoms with E-state index in [1.54, 1.807) is 0 Å². The molecule has 0 rings (SSSR count). The molecule has 0 radical (unpaired) electrons. The highest BCUT2D eigenvalue weighted by Gasteiger charge is 2.24. The van der Waals surface area contributed by atoms with E-state index in [9.17, 15) is 4.79 Å². The first-order valence-electron chi connectivity index (χ1n) is 6.30. The van der Waals surface area contributed by atoms with Crippen LogP contribution >= 0.6 is 12.6 Å². The van der Waals surface area contributed by atoms with E-state index in [0.29, 0.717) is 18.2 Å². The van der Waals surface area contributed by atoms with Crippen molar-refractivity contribution in [3.05, 3.63) is 0 Å². The first-order valence-corrected chi connectivity index (χ1v) is 6.81. The largest absolute Gasteiger partial charge is 0.330 e. The molecule has 0 heterocycles. The van der Waals surface area contributed by atoms with Gasteiger partial charge in [0.2, 0.25) is 0 Å². The Hall–Kier alpha value is -0.0200. The Morgan fingerprint density at radius 3 is 2.12 bits per heavy atom. The molecule has 2 atom stereocenters. The number of nitrogens with two attached hydrogens (primary N) is 1. The van der Waals surface area contributed by atoms with Crippen LogP contribution in [0, 0.1) is 17.8 Å². The molecule has 0 spiro atoms. The Morgan fingerprint density at radius 2 is 1.75 bits per heavy atom. The van der Waals surface area contributed by atoms with Crippen LogP contribution in [-0.2, 0) is 4.79 Å². The maximum atomic E-state index is 12.1. The number of carbonyl (C=O) groups excluding carboxylic acids is 1. The predicted octanol–water partition coefficient (Wildman–Crippen LogP) is 2.91. The molecule has 2 nitrogen and oxygen atoms in total. The van der Waals surface area contributed by atoms with Gasteiger partial charge in [0.15, 0.2) is 0 Å². The number of hydrogen-bond acceptors (Lipinski definition) is 3. The molecule has 0 aromatic heterocycles. The molecule has 96 valence electrons. The lowest BCUT2D eigenvalue weighted by Crippen LogP contribution is -2.25. The van der Waals surface area contributed by atoms with Crippen LogP contribution in [-0.4, -0.2) is 17.6 Å². The fraction of sp³-hybridized carbons (Fsp3) is 0.923. The second-order valence-corrected chi connectivity index (χ2v) is 6.08. The summed E-state index contributed by atoms with van der Waals surface area (Å²) in [6.07, 6.45) is 2.73. The number of thiol groups is 1. The lowest BCUT2D eigenvalue weighted by molar-refractivity contribution is -0.126. The van der Waals surface area contributed by atoms with Gasteiger partial charge in [-0.2, -0.15) is 12.6 Å². The molecule has 0 aromatic carbocycles. The van der Waals surface area contributed by atoms with E-state index in [1.165, 1.54) is 0 Å². The van der Waals surface area contributed by atoms with Crippen molar-refractivity contribution in [1.29, 1.82) is 0 Å². The molecule has 0 aliphatic carbocycles. The van der Waals surface area contributed by atoms with Crippen molar-refractivity contribution in [2.75, 3.05) is 6.54 Å². The minimum Gasteiger partial charge on any atom is -0.330 e. The Labute approximate surface area is 106 Å². The van der Waals surface area contributed by atoms with E-state index in [-0.39, 0.29) is 17.1 Å². The minimum absolute atomic E-state index is 0.127. The van der Waals surface area contributed by atoms with Crippen molar-refractivity contribution in [2.24, 2.45) is 23.5 Å². The average molecular weight is 245 g/mol. The number of Topliss-reactive ketones (excluding diaryl/α,β-unsaturated/α-hetero) is 1. The number of ketones is 1. The van der Waals surface area contributed by atoms with E-state index in [0.717, 1.165) is 19.3 Å². The second kappa shape index (κ2) is 8.13. The summed E-state index contributed by atoms with van der Waals surface area (Å²) in [5, 5.41) is 0.261. The third kappa shape index (κ3) is 6.54. The Bertz CT molecular complexity index is 204. The van der Waals surface area contributed by atoms with Crippen LogP contribution < -0.4 is 5.73 Å². The standard InChI is InChI=1S/C13H27NOS/c1-9(2)7-11(13(15)10(3)4)8-12(16)5-6-14/h9-12,16H,5-8,14H2,1-4H3. The van der Waals surface area contributed by atoms with Crippen LogP contribution in [0.4, 0.5) is 0 Å². The van der Waals surface area contributed by atoms with Gasteiger partial charge in [0.05, 0.1) is 0 Å². The highest BCUT2D eigenvalue weighted by molar-refractivity contribution is 7.80. The molecule has 0 aliphatic rings. The molecule has 0 saturated carbocycles. The van der Waals surface area contributed by atoms with E-state index in [4.69, 9.17) is 5.73 Å². The third-order valence-corrected chi connectivity index (χ3v) is 3.25. The van der Waals surface area contributed by atoms with Crippen molar-refractivity contribution in [1.82, 2.24) is 0 Å². The van der Waals surface area contributed by atoms with Crippen molar-refractivity contribution in [2.45, 2.75) is 52.2 Å². The van der Waals surface area contributed by atoms with Gasteiger partial charge in [-0.15, -0.1) is 0 Å². The first kappa shape index (κ1) is 16.0. The van der Waals surface area contributed by atoms with Gasteiger partial charge >= 0.3 is 0 Å². The third-order valence-electron chi connectivity index (χ3n) is 2.78.